The fraction of sp³-hybridized carbons (Fsp3) is 0.400. The highest BCUT2D eigenvalue weighted by molar-refractivity contribution is 7.90. The molecule has 0 saturated heterocycles. The molecule has 0 bridgehead atoms. The molecular formula is C15H19N3O4S. The highest BCUT2D eigenvalue weighted by Gasteiger charge is 2.39. The Morgan fingerprint density at radius 1 is 1.22 bits per heavy atom. The molecule has 1 aromatic rings. The fourth-order valence-corrected chi connectivity index (χ4v) is 2.89. The SMILES string of the molecule is CC(=O)NC(C)(C(=O)NS(=O)(=O)c1ccc(C#N)cc1)C(C)C. The quantitative estimate of drug-likeness (QED) is 0.828. The summed E-state index contributed by atoms with van der Waals surface area (Å²) in [4.78, 5) is 23.6. The lowest BCUT2D eigenvalue weighted by Crippen LogP contribution is -2.60. The number of carbonyl (C=O) groups excluding carboxylic acids is 2. The number of benzene rings is 1. The molecule has 0 heterocycles. The number of sulfonamides is 1. The molecule has 23 heavy (non-hydrogen) atoms. The molecule has 2 amide bonds. The number of amides is 2. The van der Waals surface area contributed by atoms with Gasteiger partial charge in [-0.3, -0.25) is 9.59 Å². The topological polar surface area (TPSA) is 116 Å². The molecule has 1 aromatic carbocycles. The van der Waals surface area contributed by atoms with Crippen LogP contribution in [0.2, 0.25) is 0 Å². The lowest BCUT2D eigenvalue weighted by atomic mass is 9.87. The van der Waals surface area contributed by atoms with Crippen molar-refractivity contribution in [3.63, 3.8) is 0 Å². The van der Waals surface area contributed by atoms with E-state index >= 15 is 0 Å². The van der Waals surface area contributed by atoms with Gasteiger partial charge in [-0.25, -0.2) is 13.1 Å². The van der Waals surface area contributed by atoms with Gasteiger partial charge in [0, 0.05) is 6.92 Å². The second-order valence-electron chi connectivity index (χ2n) is 5.61. The minimum atomic E-state index is -4.10. The Bertz CT molecular complexity index is 748. The van der Waals surface area contributed by atoms with Gasteiger partial charge >= 0.3 is 0 Å². The molecule has 0 aliphatic rings. The van der Waals surface area contributed by atoms with Crippen LogP contribution in [0.15, 0.2) is 29.2 Å². The molecule has 2 N–H and O–H groups in total. The zero-order valence-corrected chi connectivity index (χ0v) is 14.2. The van der Waals surface area contributed by atoms with Gasteiger partial charge in [-0.15, -0.1) is 0 Å². The monoisotopic (exact) mass is 337 g/mol. The van der Waals surface area contributed by atoms with Crippen LogP contribution in [0.5, 0.6) is 0 Å². The Morgan fingerprint density at radius 3 is 2.13 bits per heavy atom. The summed E-state index contributed by atoms with van der Waals surface area (Å²) in [5.74, 6) is -1.60. The average molecular weight is 337 g/mol. The molecule has 7 nitrogen and oxygen atoms in total. The van der Waals surface area contributed by atoms with Crippen molar-refractivity contribution in [1.82, 2.24) is 10.0 Å². The molecule has 0 radical (unpaired) electrons. The van der Waals surface area contributed by atoms with E-state index in [-0.39, 0.29) is 10.8 Å². The van der Waals surface area contributed by atoms with Gasteiger partial charge in [-0.05, 0) is 37.1 Å². The van der Waals surface area contributed by atoms with Crippen molar-refractivity contribution in [3.8, 4) is 6.07 Å². The van der Waals surface area contributed by atoms with Crippen molar-refractivity contribution in [2.75, 3.05) is 0 Å². The molecule has 0 fully saturated rings. The molecule has 0 aromatic heterocycles. The molecule has 0 aliphatic heterocycles. The van der Waals surface area contributed by atoms with Crippen LogP contribution in [-0.4, -0.2) is 25.8 Å². The number of rotatable bonds is 5. The Hall–Kier alpha value is -2.40. The van der Waals surface area contributed by atoms with Crippen molar-refractivity contribution in [1.29, 1.82) is 5.26 Å². The zero-order valence-electron chi connectivity index (χ0n) is 13.4. The highest BCUT2D eigenvalue weighted by Crippen LogP contribution is 2.18. The maximum Gasteiger partial charge on any atom is 0.264 e. The second-order valence-corrected chi connectivity index (χ2v) is 7.29. The minimum Gasteiger partial charge on any atom is -0.342 e. The van der Waals surface area contributed by atoms with Crippen LogP contribution in [-0.2, 0) is 19.6 Å². The van der Waals surface area contributed by atoms with E-state index in [0.717, 1.165) is 0 Å². The van der Waals surface area contributed by atoms with Crippen LogP contribution < -0.4 is 10.0 Å². The first kappa shape index (κ1) is 18.6. The van der Waals surface area contributed by atoms with E-state index < -0.39 is 27.4 Å². The zero-order chi connectivity index (χ0) is 17.8. The summed E-state index contributed by atoms with van der Waals surface area (Å²) in [6.45, 7) is 6.11. The van der Waals surface area contributed by atoms with Gasteiger partial charge < -0.3 is 5.32 Å². The van der Waals surface area contributed by atoms with Crippen molar-refractivity contribution in [2.45, 2.75) is 38.1 Å². The first-order chi connectivity index (χ1) is 10.5. The van der Waals surface area contributed by atoms with Crippen LogP contribution >= 0.6 is 0 Å². The average Bonchev–Trinajstić information content (AvgIpc) is 2.45. The summed E-state index contributed by atoms with van der Waals surface area (Å²) in [6.07, 6.45) is 0. The Labute approximate surface area is 135 Å². The summed E-state index contributed by atoms with van der Waals surface area (Å²) >= 11 is 0. The summed E-state index contributed by atoms with van der Waals surface area (Å²) < 4.78 is 26.5. The number of nitrogens with one attached hydrogen (secondary N) is 2. The Kier molecular flexibility index (Phi) is 5.51. The first-order valence-electron chi connectivity index (χ1n) is 6.89. The van der Waals surface area contributed by atoms with E-state index in [1.807, 2.05) is 10.8 Å². The second kappa shape index (κ2) is 6.79. The minimum absolute atomic E-state index is 0.140. The highest BCUT2D eigenvalue weighted by atomic mass is 32.2. The van der Waals surface area contributed by atoms with Gasteiger partial charge in [-0.1, -0.05) is 13.8 Å². The van der Waals surface area contributed by atoms with Crippen LogP contribution in [0.1, 0.15) is 33.3 Å². The van der Waals surface area contributed by atoms with Gasteiger partial charge in [0.05, 0.1) is 16.5 Å². The van der Waals surface area contributed by atoms with Gasteiger partial charge in [-0.2, -0.15) is 5.26 Å². The van der Waals surface area contributed by atoms with Crippen molar-refractivity contribution >= 4 is 21.8 Å². The molecule has 0 aliphatic carbocycles. The van der Waals surface area contributed by atoms with E-state index in [4.69, 9.17) is 5.26 Å². The van der Waals surface area contributed by atoms with E-state index in [0.29, 0.717) is 5.56 Å². The molecule has 0 saturated carbocycles. The third-order valence-corrected chi connectivity index (χ3v) is 4.93. The lowest BCUT2D eigenvalue weighted by Gasteiger charge is -2.32. The van der Waals surface area contributed by atoms with Crippen molar-refractivity contribution in [3.05, 3.63) is 29.8 Å². The van der Waals surface area contributed by atoms with E-state index in [1.165, 1.54) is 38.1 Å². The summed E-state index contributed by atoms with van der Waals surface area (Å²) in [5, 5.41) is 11.2. The van der Waals surface area contributed by atoms with Crippen LogP contribution in [0.3, 0.4) is 0 Å². The van der Waals surface area contributed by atoms with E-state index in [9.17, 15) is 18.0 Å². The summed E-state index contributed by atoms with van der Waals surface area (Å²) in [6, 6.07) is 7.03. The standard InChI is InChI=1S/C15H19N3O4S/c1-10(2)15(4,17-11(3)19)14(20)18-23(21,22)13-7-5-12(9-16)6-8-13/h5-8,10H,1-4H3,(H,17,19)(H,18,20). The maximum absolute atomic E-state index is 12.4. The third kappa shape index (κ3) is 4.29. The van der Waals surface area contributed by atoms with Gasteiger partial charge in [0.15, 0.2) is 0 Å². The maximum atomic E-state index is 12.4. The van der Waals surface area contributed by atoms with Gasteiger partial charge in [0.1, 0.15) is 5.54 Å². The van der Waals surface area contributed by atoms with Crippen LogP contribution in [0.25, 0.3) is 0 Å². The third-order valence-electron chi connectivity index (χ3n) is 3.58. The Balaban J connectivity index is 3.09. The van der Waals surface area contributed by atoms with E-state index in [1.54, 1.807) is 13.8 Å². The predicted molar refractivity (Wildman–Crippen MR) is 83.5 cm³/mol. The fourth-order valence-electron chi connectivity index (χ4n) is 1.82. The van der Waals surface area contributed by atoms with Crippen LogP contribution in [0.4, 0.5) is 0 Å². The van der Waals surface area contributed by atoms with Gasteiger partial charge in [0.2, 0.25) is 5.91 Å². The molecule has 124 valence electrons. The largest absolute Gasteiger partial charge is 0.342 e. The summed E-state index contributed by atoms with van der Waals surface area (Å²) in [7, 11) is -4.10. The normalized spacial score (nSPS) is 13.7. The molecule has 0 spiro atoms. The molecule has 8 heteroatoms. The molecule has 1 rings (SSSR count). The lowest BCUT2D eigenvalue weighted by molar-refractivity contribution is -0.132. The van der Waals surface area contributed by atoms with Crippen molar-refractivity contribution in [2.24, 2.45) is 5.92 Å². The molecule has 1 unspecified atom stereocenters. The Morgan fingerprint density at radius 2 is 1.74 bits per heavy atom. The first-order valence-corrected chi connectivity index (χ1v) is 8.37. The number of nitriles is 1. The number of carbonyl (C=O) groups is 2. The molecule has 1 atom stereocenters. The number of hydrogen-bond donors (Lipinski definition) is 2. The number of hydrogen-bond acceptors (Lipinski definition) is 5. The predicted octanol–water partition coefficient (Wildman–Crippen LogP) is 0.914. The van der Waals surface area contributed by atoms with Crippen LogP contribution in [0, 0.1) is 17.2 Å². The van der Waals surface area contributed by atoms with Crippen molar-refractivity contribution < 1.29 is 18.0 Å². The van der Waals surface area contributed by atoms with E-state index in [2.05, 4.69) is 5.32 Å². The molecular weight excluding hydrogens is 318 g/mol. The summed E-state index contributed by atoms with van der Waals surface area (Å²) in [5.41, 5.74) is -1.06. The van der Waals surface area contributed by atoms with Gasteiger partial charge in [0.25, 0.3) is 15.9 Å². The number of nitrogens with zero attached hydrogens (tertiary/aromatic N) is 1. The smallest absolute Gasteiger partial charge is 0.264 e.